The first-order valence-corrected chi connectivity index (χ1v) is 6.34. The lowest BCUT2D eigenvalue weighted by atomic mass is 9.66. The molecule has 1 saturated carbocycles. The fourth-order valence-corrected chi connectivity index (χ4v) is 2.30. The van der Waals surface area contributed by atoms with E-state index in [0.29, 0.717) is 5.41 Å². The molecule has 3 nitrogen and oxygen atoms in total. The molecule has 0 aliphatic heterocycles. The minimum atomic E-state index is -0.401. The summed E-state index contributed by atoms with van der Waals surface area (Å²) in [6.45, 7) is 8.64. The van der Waals surface area contributed by atoms with Gasteiger partial charge < -0.3 is 10.1 Å². The number of rotatable bonds is 4. The highest BCUT2D eigenvalue weighted by atomic mass is 16.6. The summed E-state index contributed by atoms with van der Waals surface area (Å²) in [7, 11) is 0. The van der Waals surface area contributed by atoms with Crippen LogP contribution < -0.4 is 5.32 Å². The zero-order valence-corrected chi connectivity index (χ0v) is 11.1. The predicted octanol–water partition coefficient (Wildman–Crippen LogP) is 3.48. The van der Waals surface area contributed by atoms with Crippen molar-refractivity contribution < 1.29 is 9.53 Å². The zero-order chi connectivity index (χ0) is 12.2. The molecule has 1 aliphatic rings. The van der Waals surface area contributed by atoms with Crippen molar-refractivity contribution in [3.63, 3.8) is 0 Å². The Kier molecular flexibility index (Phi) is 4.22. The van der Waals surface area contributed by atoms with Gasteiger partial charge >= 0.3 is 6.09 Å². The Morgan fingerprint density at radius 3 is 2.38 bits per heavy atom. The Hall–Kier alpha value is -0.730. The summed E-state index contributed by atoms with van der Waals surface area (Å²) in [5.74, 6) is 0. The summed E-state index contributed by atoms with van der Waals surface area (Å²) in [5, 5.41) is 2.91. The molecule has 0 aromatic carbocycles. The van der Waals surface area contributed by atoms with Gasteiger partial charge in [0, 0.05) is 6.54 Å². The molecule has 0 bridgehead atoms. The van der Waals surface area contributed by atoms with Gasteiger partial charge in [0.1, 0.15) is 5.60 Å². The van der Waals surface area contributed by atoms with E-state index in [-0.39, 0.29) is 6.09 Å². The van der Waals surface area contributed by atoms with E-state index in [1.165, 1.54) is 32.1 Å². The van der Waals surface area contributed by atoms with E-state index in [1.54, 1.807) is 0 Å². The van der Waals surface area contributed by atoms with Crippen molar-refractivity contribution in [2.24, 2.45) is 5.41 Å². The fraction of sp³-hybridized carbons (Fsp3) is 0.923. The van der Waals surface area contributed by atoms with E-state index in [9.17, 15) is 4.79 Å². The van der Waals surface area contributed by atoms with E-state index in [0.717, 1.165) is 6.54 Å². The van der Waals surface area contributed by atoms with Gasteiger partial charge in [-0.15, -0.1) is 0 Å². The minimum Gasteiger partial charge on any atom is -0.444 e. The number of hydrogen-bond acceptors (Lipinski definition) is 2. The summed E-state index contributed by atoms with van der Waals surface area (Å²) in [6.07, 6.45) is 5.91. The summed E-state index contributed by atoms with van der Waals surface area (Å²) in [5.41, 5.74) is -0.0345. The molecule has 0 aromatic rings. The van der Waals surface area contributed by atoms with Gasteiger partial charge in [-0.1, -0.05) is 19.8 Å². The molecule has 16 heavy (non-hydrogen) atoms. The topological polar surface area (TPSA) is 38.3 Å². The second-order valence-electron chi connectivity index (χ2n) is 5.96. The normalized spacial score (nSPS) is 18.8. The molecule has 1 rings (SSSR count). The number of amides is 1. The van der Waals surface area contributed by atoms with Crippen LogP contribution in [-0.2, 0) is 4.74 Å². The third kappa shape index (κ3) is 4.03. The van der Waals surface area contributed by atoms with Gasteiger partial charge in [0.2, 0.25) is 0 Å². The van der Waals surface area contributed by atoms with Crippen LogP contribution in [0.4, 0.5) is 4.79 Å². The smallest absolute Gasteiger partial charge is 0.407 e. The molecule has 0 aromatic heterocycles. The Morgan fingerprint density at radius 1 is 1.38 bits per heavy atom. The number of nitrogens with one attached hydrogen (secondary N) is 1. The number of carbonyl (C=O) groups is 1. The lowest BCUT2D eigenvalue weighted by Gasteiger charge is -2.42. The van der Waals surface area contributed by atoms with Crippen molar-refractivity contribution in [2.75, 3.05) is 6.54 Å². The molecule has 94 valence electrons. The number of carbonyl (C=O) groups excluding carboxylic acids is 1. The van der Waals surface area contributed by atoms with E-state index in [4.69, 9.17) is 4.74 Å². The van der Waals surface area contributed by atoms with Crippen LogP contribution >= 0.6 is 0 Å². The van der Waals surface area contributed by atoms with Crippen molar-refractivity contribution in [1.29, 1.82) is 0 Å². The van der Waals surface area contributed by atoms with Crippen molar-refractivity contribution >= 4 is 6.09 Å². The molecular formula is C13H25NO2. The van der Waals surface area contributed by atoms with Crippen LogP contribution in [0.15, 0.2) is 0 Å². The Bertz CT molecular complexity index is 239. The Balaban J connectivity index is 2.30. The van der Waals surface area contributed by atoms with E-state index >= 15 is 0 Å². The van der Waals surface area contributed by atoms with Crippen molar-refractivity contribution in [2.45, 2.75) is 65.4 Å². The highest BCUT2D eigenvalue weighted by Gasteiger charge is 2.36. The third-order valence-corrected chi connectivity index (χ3v) is 3.20. The van der Waals surface area contributed by atoms with E-state index < -0.39 is 5.60 Å². The van der Waals surface area contributed by atoms with Crippen LogP contribution in [-0.4, -0.2) is 18.2 Å². The quantitative estimate of drug-likeness (QED) is 0.798. The number of alkyl carbamates (subject to hydrolysis) is 1. The molecule has 0 saturated heterocycles. The highest BCUT2D eigenvalue weighted by Crippen LogP contribution is 2.44. The Labute approximate surface area is 98.9 Å². The van der Waals surface area contributed by atoms with Crippen LogP contribution in [0, 0.1) is 5.41 Å². The molecule has 1 amide bonds. The SMILES string of the molecule is CCCC1(CNC(=O)OC(C)(C)C)CCC1. The first kappa shape index (κ1) is 13.3. The van der Waals surface area contributed by atoms with Gasteiger partial charge in [0.25, 0.3) is 0 Å². The lowest BCUT2D eigenvalue weighted by Crippen LogP contribution is -2.43. The van der Waals surface area contributed by atoms with Gasteiger partial charge in [-0.2, -0.15) is 0 Å². The first-order chi connectivity index (χ1) is 7.37. The summed E-state index contributed by atoms with van der Waals surface area (Å²) < 4.78 is 5.23. The zero-order valence-electron chi connectivity index (χ0n) is 11.1. The molecule has 0 spiro atoms. The molecule has 0 radical (unpaired) electrons. The summed E-state index contributed by atoms with van der Waals surface area (Å²) >= 11 is 0. The predicted molar refractivity (Wildman–Crippen MR) is 65.4 cm³/mol. The van der Waals surface area contributed by atoms with Gasteiger partial charge in [-0.25, -0.2) is 4.79 Å². The molecule has 0 unspecified atom stereocenters. The molecule has 1 fully saturated rings. The van der Waals surface area contributed by atoms with Crippen LogP contribution in [0.1, 0.15) is 59.8 Å². The fourth-order valence-electron chi connectivity index (χ4n) is 2.30. The number of ether oxygens (including phenoxy) is 1. The van der Waals surface area contributed by atoms with Crippen LogP contribution in [0.5, 0.6) is 0 Å². The lowest BCUT2D eigenvalue weighted by molar-refractivity contribution is 0.0438. The van der Waals surface area contributed by atoms with Gasteiger partial charge in [0.05, 0.1) is 0 Å². The van der Waals surface area contributed by atoms with Crippen LogP contribution in [0.2, 0.25) is 0 Å². The minimum absolute atomic E-state index is 0.283. The second-order valence-corrected chi connectivity index (χ2v) is 5.96. The van der Waals surface area contributed by atoms with Gasteiger partial charge in [-0.3, -0.25) is 0 Å². The van der Waals surface area contributed by atoms with Crippen LogP contribution in [0.3, 0.4) is 0 Å². The van der Waals surface area contributed by atoms with Gasteiger partial charge in [-0.05, 0) is 45.4 Å². The largest absolute Gasteiger partial charge is 0.444 e. The second kappa shape index (κ2) is 5.07. The van der Waals surface area contributed by atoms with Crippen LogP contribution in [0.25, 0.3) is 0 Å². The first-order valence-electron chi connectivity index (χ1n) is 6.34. The third-order valence-electron chi connectivity index (χ3n) is 3.20. The van der Waals surface area contributed by atoms with Gasteiger partial charge in [0.15, 0.2) is 0 Å². The molecular weight excluding hydrogens is 202 g/mol. The average Bonchev–Trinajstić information content (AvgIpc) is 2.06. The molecule has 3 heteroatoms. The maximum absolute atomic E-state index is 11.5. The number of hydrogen-bond donors (Lipinski definition) is 1. The van der Waals surface area contributed by atoms with Crippen molar-refractivity contribution in [3.8, 4) is 0 Å². The van der Waals surface area contributed by atoms with E-state index in [1.807, 2.05) is 20.8 Å². The maximum atomic E-state index is 11.5. The summed E-state index contributed by atoms with van der Waals surface area (Å²) in [6, 6.07) is 0. The maximum Gasteiger partial charge on any atom is 0.407 e. The van der Waals surface area contributed by atoms with E-state index in [2.05, 4.69) is 12.2 Å². The molecule has 0 atom stereocenters. The van der Waals surface area contributed by atoms with Crippen molar-refractivity contribution in [3.05, 3.63) is 0 Å². The standard InChI is InChI=1S/C13H25NO2/c1-5-7-13(8-6-9-13)10-14-11(15)16-12(2,3)4/h5-10H2,1-4H3,(H,14,15). The molecule has 0 heterocycles. The van der Waals surface area contributed by atoms with Crippen molar-refractivity contribution in [1.82, 2.24) is 5.32 Å². The monoisotopic (exact) mass is 227 g/mol. The average molecular weight is 227 g/mol. The Morgan fingerprint density at radius 2 is 2.00 bits per heavy atom. The highest BCUT2D eigenvalue weighted by molar-refractivity contribution is 5.67. The summed E-state index contributed by atoms with van der Waals surface area (Å²) in [4.78, 5) is 11.5. The molecule has 1 N–H and O–H groups in total. The molecule has 1 aliphatic carbocycles.